The summed E-state index contributed by atoms with van der Waals surface area (Å²) in [7, 11) is 0. The fourth-order valence-corrected chi connectivity index (χ4v) is 2.40. The van der Waals surface area contributed by atoms with Gasteiger partial charge in [0.15, 0.2) is 0 Å². The number of nitrogens with one attached hydrogen (secondary N) is 2. The number of H-pyrrole nitrogens is 1. The van der Waals surface area contributed by atoms with E-state index in [0.29, 0.717) is 13.0 Å². The van der Waals surface area contributed by atoms with Crippen LogP contribution in [-0.2, 0) is 11.2 Å². The van der Waals surface area contributed by atoms with Gasteiger partial charge in [0, 0.05) is 23.6 Å². The van der Waals surface area contributed by atoms with Gasteiger partial charge >= 0.3 is 0 Å². The van der Waals surface area contributed by atoms with Gasteiger partial charge < -0.3 is 15.0 Å². The van der Waals surface area contributed by atoms with E-state index in [2.05, 4.69) is 15.3 Å². The molecule has 0 unspecified atom stereocenters. The van der Waals surface area contributed by atoms with Gasteiger partial charge in [-0.05, 0) is 48.9 Å². The molecular weight excluding hydrogens is 302 g/mol. The summed E-state index contributed by atoms with van der Waals surface area (Å²) in [5.74, 6) is 1.57. The second-order valence-corrected chi connectivity index (χ2v) is 5.32. The number of carbonyl (C=O) groups is 1. The number of aromatic amines is 1. The first kappa shape index (κ1) is 15.8. The van der Waals surface area contributed by atoms with E-state index >= 15 is 0 Å². The molecule has 3 aromatic rings. The van der Waals surface area contributed by atoms with Crippen molar-refractivity contribution in [3.63, 3.8) is 0 Å². The zero-order valence-electron chi connectivity index (χ0n) is 13.5. The molecule has 1 amide bonds. The third-order valence-electron chi connectivity index (χ3n) is 3.54. The van der Waals surface area contributed by atoms with E-state index in [1.54, 1.807) is 12.4 Å². The van der Waals surface area contributed by atoms with Crippen LogP contribution in [0.1, 0.15) is 12.5 Å². The summed E-state index contributed by atoms with van der Waals surface area (Å²) in [6, 6.07) is 15.2. The van der Waals surface area contributed by atoms with Crippen molar-refractivity contribution in [1.29, 1.82) is 0 Å². The normalized spacial score (nSPS) is 10.4. The summed E-state index contributed by atoms with van der Waals surface area (Å²) < 4.78 is 5.40. The van der Waals surface area contributed by atoms with Crippen molar-refractivity contribution in [2.45, 2.75) is 13.3 Å². The molecule has 5 nitrogen and oxygen atoms in total. The summed E-state index contributed by atoms with van der Waals surface area (Å²) in [5.41, 5.74) is 2.69. The van der Waals surface area contributed by atoms with Gasteiger partial charge in [0.2, 0.25) is 5.91 Å². The highest BCUT2D eigenvalue weighted by Gasteiger charge is 2.06. The predicted molar refractivity (Wildman–Crippen MR) is 94.0 cm³/mol. The molecule has 0 aliphatic carbocycles. The van der Waals surface area contributed by atoms with Crippen molar-refractivity contribution in [2.75, 3.05) is 11.9 Å². The first-order chi connectivity index (χ1) is 11.7. The Kier molecular flexibility index (Phi) is 4.91. The Morgan fingerprint density at radius 1 is 1.12 bits per heavy atom. The minimum absolute atomic E-state index is 0.0510. The van der Waals surface area contributed by atoms with Crippen LogP contribution in [-0.4, -0.2) is 22.5 Å². The summed E-state index contributed by atoms with van der Waals surface area (Å²) >= 11 is 0. The molecule has 24 heavy (non-hydrogen) atoms. The van der Waals surface area contributed by atoms with Gasteiger partial charge in [-0.3, -0.25) is 4.79 Å². The standard InChI is InChI=1S/C19H19N3O2/c1-2-24-17-9-3-14(4-10-17)13-18(23)22-16-7-5-15(6-8-16)19-20-11-12-21-19/h3-12H,2,13H2,1H3,(H,20,21)(H,22,23). The number of rotatable bonds is 6. The van der Waals surface area contributed by atoms with Crippen LogP contribution in [0.25, 0.3) is 11.4 Å². The highest BCUT2D eigenvalue weighted by atomic mass is 16.5. The van der Waals surface area contributed by atoms with Crippen LogP contribution in [0, 0.1) is 0 Å². The molecule has 0 atom stereocenters. The van der Waals surface area contributed by atoms with Crippen LogP contribution in [0.5, 0.6) is 5.75 Å². The molecule has 1 heterocycles. The minimum Gasteiger partial charge on any atom is -0.494 e. The van der Waals surface area contributed by atoms with Gasteiger partial charge in [0.05, 0.1) is 13.0 Å². The Hall–Kier alpha value is -3.08. The number of anilines is 1. The Labute approximate surface area is 140 Å². The lowest BCUT2D eigenvalue weighted by molar-refractivity contribution is -0.115. The monoisotopic (exact) mass is 321 g/mol. The zero-order valence-corrected chi connectivity index (χ0v) is 13.5. The van der Waals surface area contributed by atoms with Crippen molar-refractivity contribution >= 4 is 11.6 Å². The predicted octanol–water partition coefficient (Wildman–Crippen LogP) is 3.66. The summed E-state index contributed by atoms with van der Waals surface area (Å²) in [4.78, 5) is 19.4. The fourth-order valence-electron chi connectivity index (χ4n) is 2.40. The molecule has 0 aliphatic rings. The largest absolute Gasteiger partial charge is 0.494 e. The first-order valence-corrected chi connectivity index (χ1v) is 7.86. The molecule has 0 aliphatic heterocycles. The number of carbonyl (C=O) groups excluding carboxylic acids is 1. The van der Waals surface area contributed by atoms with Crippen molar-refractivity contribution in [3.8, 4) is 17.1 Å². The van der Waals surface area contributed by atoms with Crippen LogP contribution in [0.4, 0.5) is 5.69 Å². The average Bonchev–Trinajstić information content (AvgIpc) is 3.12. The molecule has 1 aromatic heterocycles. The van der Waals surface area contributed by atoms with Crippen LogP contribution < -0.4 is 10.1 Å². The van der Waals surface area contributed by atoms with E-state index < -0.39 is 0 Å². The number of hydrogen-bond acceptors (Lipinski definition) is 3. The molecule has 0 fully saturated rings. The molecule has 2 N–H and O–H groups in total. The Bertz CT molecular complexity index is 778. The molecular formula is C19H19N3O2. The summed E-state index contributed by atoms with van der Waals surface area (Å²) in [6.07, 6.45) is 3.82. The number of amides is 1. The third kappa shape index (κ3) is 4.01. The molecule has 0 spiro atoms. The average molecular weight is 321 g/mol. The van der Waals surface area contributed by atoms with Crippen molar-refractivity contribution in [2.24, 2.45) is 0 Å². The molecule has 0 bridgehead atoms. The SMILES string of the molecule is CCOc1ccc(CC(=O)Nc2ccc(-c3ncc[nH]3)cc2)cc1. The fraction of sp³-hybridized carbons (Fsp3) is 0.158. The molecule has 0 radical (unpaired) electrons. The molecule has 2 aromatic carbocycles. The maximum Gasteiger partial charge on any atom is 0.228 e. The number of hydrogen-bond donors (Lipinski definition) is 2. The van der Waals surface area contributed by atoms with Crippen molar-refractivity contribution in [3.05, 3.63) is 66.5 Å². The van der Waals surface area contributed by atoms with Crippen molar-refractivity contribution in [1.82, 2.24) is 9.97 Å². The highest BCUT2D eigenvalue weighted by molar-refractivity contribution is 5.92. The number of ether oxygens (including phenoxy) is 1. The van der Waals surface area contributed by atoms with Crippen LogP contribution in [0.15, 0.2) is 60.9 Å². The number of imidazole rings is 1. The smallest absolute Gasteiger partial charge is 0.228 e. The molecule has 122 valence electrons. The Morgan fingerprint density at radius 3 is 2.50 bits per heavy atom. The van der Waals surface area contributed by atoms with Gasteiger partial charge in [0.1, 0.15) is 11.6 Å². The molecule has 5 heteroatoms. The third-order valence-corrected chi connectivity index (χ3v) is 3.54. The van der Waals surface area contributed by atoms with Crippen LogP contribution in [0.2, 0.25) is 0 Å². The maximum atomic E-state index is 12.1. The highest BCUT2D eigenvalue weighted by Crippen LogP contribution is 2.18. The number of aromatic nitrogens is 2. The molecule has 0 saturated carbocycles. The number of benzene rings is 2. The van der Waals surface area contributed by atoms with Gasteiger partial charge in [-0.1, -0.05) is 12.1 Å². The Morgan fingerprint density at radius 2 is 1.88 bits per heavy atom. The van der Waals surface area contributed by atoms with Gasteiger partial charge in [-0.25, -0.2) is 4.98 Å². The lowest BCUT2D eigenvalue weighted by Crippen LogP contribution is -2.14. The van der Waals surface area contributed by atoms with Gasteiger partial charge in [0.25, 0.3) is 0 Å². The zero-order chi connectivity index (χ0) is 16.8. The maximum absolute atomic E-state index is 12.1. The number of nitrogens with zero attached hydrogens (tertiary/aromatic N) is 1. The lowest BCUT2D eigenvalue weighted by atomic mass is 10.1. The topological polar surface area (TPSA) is 67.0 Å². The molecule has 3 rings (SSSR count). The first-order valence-electron chi connectivity index (χ1n) is 7.86. The van der Waals surface area contributed by atoms with Gasteiger partial charge in [-0.2, -0.15) is 0 Å². The van der Waals surface area contributed by atoms with Crippen molar-refractivity contribution < 1.29 is 9.53 Å². The second kappa shape index (κ2) is 7.46. The lowest BCUT2D eigenvalue weighted by Gasteiger charge is -2.07. The Balaban J connectivity index is 1.58. The minimum atomic E-state index is -0.0510. The molecule has 0 saturated heterocycles. The van der Waals surface area contributed by atoms with E-state index in [9.17, 15) is 4.79 Å². The van der Waals surface area contributed by atoms with E-state index in [1.807, 2.05) is 55.5 Å². The van der Waals surface area contributed by atoms with Crippen LogP contribution in [0.3, 0.4) is 0 Å². The summed E-state index contributed by atoms with van der Waals surface area (Å²) in [6.45, 7) is 2.58. The van der Waals surface area contributed by atoms with E-state index in [0.717, 1.165) is 28.4 Å². The summed E-state index contributed by atoms with van der Waals surface area (Å²) in [5, 5.41) is 2.90. The quantitative estimate of drug-likeness (QED) is 0.728. The van der Waals surface area contributed by atoms with Gasteiger partial charge in [-0.15, -0.1) is 0 Å². The second-order valence-electron chi connectivity index (χ2n) is 5.32. The van der Waals surface area contributed by atoms with E-state index in [1.165, 1.54) is 0 Å². The van der Waals surface area contributed by atoms with Crippen LogP contribution >= 0.6 is 0 Å². The van der Waals surface area contributed by atoms with E-state index in [-0.39, 0.29) is 5.91 Å². The van der Waals surface area contributed by atoms with E-state index in [4.69, 9.17) is 4.74 Å².